The Hall–Kier alpha value is -2.57. The van der Waals surface area contributed by atoms with Gasteiger partial charge in [0.05, 0.1) is 30.3 Å². The van der Waals surface area contributed by atoms with Crippen LogP contribution < -0.4 is 10.2 Å². The summed E-state index contributed by atoms with van der Waals surface area (Å²) >= 11 is 6.33. The first kappa shape index (κ1) is 20.2. The summed E-state index contributed by atoms with van der Waals surface area (Å²) in [5.74, 6) is -0.143. The molecule has 2 aromatic rings. The molecule has 0 spiro atoms. The van der Waals surface area contributed by atoms with Gasteiger partial charge in [0.25, 0.3) is 5.91 Å². The molecule has 0 atom stereocenters. The van der Waals surface area contributed by atoms with Crippen molar-refractivity contribution in [3.05, 3.63) is 59.1 Å². The van der Waals surface area contributed by atoms with Crippen LogP contribution in [0.2, 0.25) is 5.02 Å². The number of anilines is 2. The highest BCUT2D eigenvalue weighted by atomic mass is 35.5. The molecule has 0 unspecified atom stereocenters. The van der Waals surface area contributed by atoms with E-state index < -0.39 is 0 Å². The third-order valence-corrected chi connectivity index (χ3v) is 4.94. The highest BCUT2D eigenvalue weighted by Gasteiger charge is 2.21. The number of halogens is 1. The summed E-state index contributed by atoms with van der Waals surface area (Å²) in [6, 6.07) is 14.7. The van der Waals surface area contributed by atoms with Gasteiger partial charge in [0.1, 0.15) is 0 Å². The quantitative estimate of drug-likeness (QED) is 0.806. The fourth-order valence-corrected chi connectivity index (χ4v) is 3.38. The molecular weight excluding hydrogens is 378 g/mol. The van der Waals surface area contributed by atoms with E-state index in [0.29, 0.717) is 49.1 Å². The van der Waals surface area contributed by atoms with E-state index in [1.54, 1.807) is 28.0 Å². The normalized spacial score (nSPS) is 13.9. The number of hydrogen-bond acceptors (Lipinski definition) is 4. The minimum atomic E-state index is -0.0998. The maximum Gasteiger partial charge on any atom is 0.255 e. The maximum atomic E-state index is 12.6. The van der Waals surface area contributed by atoms with Crippen LogP contribution in [0.1, 0.15) is 17.3 Å². The summed E-state index contributed by atoms with van der Waals surface area (Å²) in [5, 5.41) is 3.46. The first-order chi connectivity index (χ1) is 13.6. The summed E-state index contributed by atoms with van der Waals surface area (Å²) in [4.78, 5) is 28.6. The van der Waals surface area contributed by atoms with Gasteiger partial charge in [0.15, 0.2) is 0 Å². The summed E-state index contributed by atoms with van der Waals surface area (Å²) in [6.45, 7) is 4.87. The second kappa shape index (κ2) is 9.57. The number of amides is 2. The van der Waals surface area contributed by atoms with Gasteiger partial charge in [-0.3, -0.25) is 9.59 Å². The Kier molecular flexibility index (Phi) is 6.90. The topological polar surface area (TPSA) is 61.9 Å². The number of benzene rings is 2. The Labute approximate surface area is 170 Å². The van der Waals surface area contributed by atoms with E-state index in [-0.39, 0.29) is 18.4 Å². The Morgan fingerprint density at radius 3 is 2.50 bits per heavy atom. The van der Waals surface area contributed by atoms with Gasteiger partial charge in [-0.05, 0) is 37.3 Å². The summed E-state index contributed by atoms with van der Waals surface area (Å²) < 4.78 is 5.28. The van der Waals surface area contributed by atoms with Crippen molar-refractivity contribution in [2.24, 2.45) is 0 Å². The lowest BCUT2D eigenvalue weighted by Gasteiger charge is -2.27. The highest BCUT2D eigenvalue weighted by Crippen LogP contribution is 2.23. The smallest absolute Gasteiger partial charge is 0.255 e. The fourth-order valence-electron chi connectivity index (χ4n) is 3.12. The predicted molar refractivity (Wildman–Crippen MR) is 111 cm³/mol. The minimum absolute atomic E-state index is 0.0432. The van der Waals surface area contributed by atoms with Gasteiger partial charge in [-0.15, -0.1) is 0 Å². The minimum Gasteiger partial charge on any atom is -0.378 e. The number of likely N-dealkylation sites (N-methyl/N-ethyl adjacent to an activating group) is 1. The monoisotopic (exact) mass is 401 g/mol. The number of hydrogen-bond donors (Lipinski definition) is 1. The van der Waals surface area contributed by atoms with Crippen LogP contribution in [0.15, 0.2) is 48.5 Å². The van der Waals surface area contributed by atoms with Gasteiger partial charge < -0.3 is 19.9 Å². The average Bonchev–Trinajstić information content (AvgIpc) is 2.74. The third kappa shape index (κ3) is 4.82. The van der Waals surface area contributed by atoms with Crippen molar-refractivity contribution in [3.8, 4) is 0 Å². The van der Waals surface area contributed by atoms with E-state index in [1.807, 2.05) is 37.3 Å². The number of carbonyl (C=O) groups excluding carboxylic acids is 2. The highest BCUT2D eigenvalue weighted by molar-refractivity contribution is 6.34. The largest absolute Gasteiger partial charge is 0.378 e. The molecule has 1 fully saturated rings. The molecule has 0 bridgehead atoms. The van der Waals surface area contributed by atoms with Crippen LogP contribution >= 0.6 is 11.6 Å². The third-order valence-electron chi connectivity index (χ3n) is 4.63. The number of para-hydroxylation sites is 1. The van der Waals surface area contributed by atoms with E-state index in [9.17, 15) is 9.59 Å². The second-order valence-corrected chi connectivity index (χ2v) is 6.83. The number of nitrogens with one attached hydrogen (secondary N) is 1. The number of rotatable bonds is 6. The lowest BCUT2D eigenvalue weighted by molar-refractivity contribution is -0.116. The van der Waals surface area contributed by atoms with Crippen LogP contribution in [0, 0.1) is 0 Å². The molecule has 148 valence electrons. The zero-order valence-electron chi connectivity index (χ0n) is 15.9. The molecule has 1 saturated heterocycles. The van der Waals surface area contributed by atoms with Crippen molar-refractivity contribution in [2.45, 2.75) is 6.92 Å². The number of nitrogens with zero attached hydrogens (tertiary/aromatic N) is 2. The number of morpholine rings is 1. The number of carbonyl (C=O) groups is 2. The molecule has 28 heavy (non-hydrogen) atoms. The zero-order chi connectivity index (χ0) is 19.9. The molecule has 0 radical (unpaired) electrons. The van der Waals surface area contributed by atoms with E-state index in [1.165, 1.54) is 0 Å². The van der Waals surface area contributed by atoms with Crippen molar-refractivity contribution in [1.29, 1.82) is 0 Å². The average molecular weight is 402 g/mol. The molecule has 0 saturated carbocycles. The lowest BCUT2D eigenvalue weighted by atomic mass is 10.1. The van der Waals surface area contributed by atoms with Gasteiger partial charge in [0.2, 0.25) is 5.91 Å². The molecule has 7 heteroatoms. The Morgan fingerprint density at radius 1 is 1.14 bits per heavy atom. The first-order valence-corrected chi connectivity index (χ1v) is 9.73. The molecule has 2 amide bonds. The molecule has 6 nitrogen and oxygen atoms in total. The van der Waals surface area contributed by atoms with Gasteiger partial charge in [-0.2, -0.15) is 0 Å². The van der Waals surface area contributed by atoms with Gasteiger partial charge >= 0.3 is 0 Å². The van der Waals surface area contributed by atoms with Crippen LogP contribution in [0.4, 0.5) is 11.4 Å². The van der Waals surface area contributed by atoms with E-state index in [4.69, 9.17) is 16.3 Å². The molecule has 2 aromatic carbocycles. The van der Waals surface area contributed by atoms with Crippen LogP contribution in [-0.2, 0) is 9.53 Å². The van der Waals surface area contributed by atoms with E-state index >= 15 is 0 Å². The fraction of sp³-hybridized carbons (Fsp3) is 0.333. The first-order valence-electron chi connectivity index (χ1n) is 9.36. The van der Waals surface area contributed by atoms with Crippen molar-refractivity contribution < 1.29 is 14.3 Å². The summed E-state index contributed by atoms with van der Waals surface area (Å²) in [6.07, 6.45) is 0. The van der Waals surface area contributed by atoms with Gasteiger partial charge in [0, 0.05) is 31.0 Å². The Bertz CT molecular complexity index is 823. The standard InChI is InChI=1S/C21H24ClN3O3/c1-2-25(17-6-4-3-5-7-17)20(26)15-23-16-8-9-18(19(22)14-16)21(27)24-10-12-28-13-11-24/h3-9,14,23H,2,10-13,15H2,1H3. The van der Waals surface area contributed by atoms with Crippen LogP contribution in [0.3, 0.4) is 0 Å². The molecular formula is C21H24ClN3O3. The lowest BCUT2D eigenvalue weighted by Crippen LogP contribution is -2.40. The molecule has 0 aliphatic carbocycles. The van der Waals surface area contributed by atoms with Crippen LogP contribution in [0.5, 0.6) is 0 Å². The van der Waals surface area contributed by atoms with Crippen molar-refractivity contribution in [2.75, 3.05) is 49.6 Å². The molecule has 1 aliphatic heterocycles. The summed E-state index contributed by atoms with van der Waals surface area (Å²) in [5.41, 5.74) is 2.02. The van der Waals surface area contributed by atoms with Crippen molar-refractivity contribution in [1.82, 2.24) is 4.90 Å². The molecule has 1 aliphatic rings. The van der Waals surface area contributed by atoms with Gasteiger partial charge in [-0.1, -0.05) is 29.8 Å². The van der Waals surface area contributed by atoms with E-state index in [2.05, 4.69) is 5.32 Å². The Balaban J connectivity index is 1.62. The maximum absolute atomic E-state index is 12.6. The van der Waals surface area contributed by atoms with Crippen LogP contribution in [-0.4, -0.2) is 56.1 Å². The molecule has 0 aromatic heterocycles. The molecule has 1 N–H and O–H groups in total. The Morgan fingerprint density at radius 2 is 1.86 bits per heavy atom. The number of ether oxygens (including phenoxy) is 1. The second-order valence-electron chi connectivity index (χ2n) is 6.43. The van der Waals surface area contributed by atoms with E-state index in [0.717, 1.165) is 5.69 Å². The van der Waals surface area contributed by atoms with Crippen molar-refractivity contribution in [3.63, 3.8) is 0 Å². The van der Waals surface area contributed by atoms with Crippen LogP contribution in [0.25, 0.3) is 0 Å². The zero-order valence-corrected chi connectivity index (χ0v) is 16.6. The molecule has 1 heterocycles. The van der Waals surface area contributed by atoms with Crippen molar-refractivity contribution >= 4 is 34.8 Å². The SMILES string of the molecule is CCN(C(=O)CNc1ccc(C(=O)N2CCOCC2)c(Cl)c1)c1ccccc1. The predicted octanol–water partition coefficient (Wildman–Crippen LogP) is 3.28. The molecule has 3 rings (SSSR count). The van der Waals surface area contributed by atoms with Gasteiger partial charge in [-0.25, -0.2) is 0 Å². The summed E-state index contributed by atoms with van der Waals surface area (Å²) in [7, 11) is 0.